The van der Waals surface area contributed by atoms with Gasteiger partial charge < -0.3 is 20.1 Å². The van der Waals surface area contributed by atoms with Gasteiger partial charge >= 0.3 is 0 Å². The fourth-order valence-electron chi connectivity index (χ4n) is 3.16. The molecule has 3 rings (SSSR count). The van der Waals surface area contributed by atoms with Crippen molar-refractivity contribution in [1.82, 2.24) is 10.6 Å². The highest BCUT2D eigenvalue weighted by molar-refractivity contribution is 5.80. The Labute approximate surface area is 144 Å². The number of aliphatic imine (C=N–C) groups is 1. The molecular weight excluding hydrogens is 302 g/mol. The highest BCUT2D eigenvalue weighted by Crippen LogP contribution is 2.40. The summed E-state index contributed by atoms with van der Waals surface area (Å²) in [6.07, 6.45) is 4.77. The summed E-state index contributed by atoms with van der Waals surface area (Å²) in [7, 11) is 1.82. The molecule has 2 fully saturated rings. The lowest BCUT2D eigenvalue weighted by atomic mass is 10.1. The molecule has 0 bridgehead atoms. The predicted octanol–water partition coefficient (Wildman–Crippen LogP) is 2.29. The van der Waals surface area contributed by atoms with Crippen LogP contribution in [0.1, 0.15) is 37.2 Å². The molecule has 3 unspecified atom stereocenters. The maximum atomic E-state index is 5.68. The molecule has 5 nitrogen and oxygen atoms in total. The van der Waals surface area contributed by atoms with Crippen molar-refractivity contribution < 1.29 is 9.47 Å². The number of ether oxygens (including phenoxy) is 2. The highest BCUT2D eigenvalue weighted by atomic mass is 16.5. The Morgan fingerprint density at radius 3 is 2.96 bits per heavy atom. The van der Waals surface area contributed by atoms with E-state index in [-0.39, 0.29) is 0 Å². The van der Waals surface area contributed by atoms with Crippen molar-refractivity contribution in [2.75, 3.05) is 33.4 Å². The van der Waals surface area contributed by atoms with Gasteiger partial charge in [-0.1, -0.05) is 30.3 Å². The highest BCUT2D eigenvalue weighted by Gasteiger charge is 2.38. The molecule has 1 saturated heterocycles. The molecule has 1 saturated carbocycles. The first-order valence-corrected chi connectivity index (χ1v) is 9.08. The molecule has 0 radical (unpaired) electrons. The molecule has 3 atom stereocenters. The molecule has 132 valence electrons. The van der Waals surface area contributed by atoms with E-state index in [4.69, 9.17) is 9.47 Å². The molecular formula is C19H29N3O2. The summed E-state index contributed by atoms with van der Waals surface area (Å²) >= 11 is 0. The monoisotopic (exact) mass is 331 g/mol. The van der Waals surface area contributed by atoms with E-state index in [1.54, 1.807) is 0 Å². The van der Waals surface area contributed by atoms with E-state index in [0.717, 1.165) is 45.2 Å². The fourth-order valence-corrected chi connectivity index (χ4v) is 3.16. The van der Waals surface area contributed by atoms with Gasteiger partial charge in [-0.15, -0.1) is 0 Å². The Morgan fingerprint density at radius 2 is 2.21 bits per heavy atom. The van der Waals surface area contributed by atoms with Crippen molar-refractivity contribution in [2.45, 2.75) is 43.7 Å². The van der Waals surface area contributed by atoms with Gasteiger partial charge in [0.25, 0.3) is 0 Å². The maximum absolute atomic E-state index is 5.68. The Hall–Kier alpha value is -1.59. The van der Waals surface area contributed by atoms with Crippen molar-refractivity contribution in [3.8, 4) is 0 Å². The average Bonchev–Trinajstić information content (AvgIpc) is 3.19. The average molecular weight is 331 g/mol. The standard InChI is InChI=1S/C19H29N3O2/c1-20-19(21-10-6-11-23-14-16-9-5-12-24-16)22-18-13-17(18)15-7-3-2-4-8-15/h2-4,7-8,16-18H,5-6,9-14H2,1H3,(H2,20,21,22). The maximum Gasteiger partial charge on any atom is 0.191 e. The first-order valence-electron chi connectivity index (χ1n) is 9.08. The van der Waals surface area contributed by atoms with Gasteiger partial charge in [0.15, 0.2) is 5.96 Å². The van der Waals surface area contributed by atoms with Crippen molar-refractivity contribution in [2.24, 2.45) is 4.99 Å². The van der Waals surface area contributed by atoms with Crippen LogP contribution in [0.25, 0.3) is 0 Å². The van der Waals surface area contributed by atoms with Gasteiger partial charge in [-0.3, -0.25) is 4.99 Å². The third-order valence-electron chi connectivity index (χ3n) is 4.65. The van der Waals surface area contributed by atoms with E-state index in [9.17, 15) is 0 Å². The van der Waals surface area contributed by atoms with Crippen LogP contribution >= 0.6 is 0 Å². The quantitative estimate of drug-likeness (QED) is 0.436. The number of guanidine groups is 1. The van der Waals surface area contributed by atoms with E-state index in [0.29, 0.717) is 18.1 Å². The van der Waals surface area contributed by atoms with E-state index in [1.165, 1.54) is 18.4 Å². The number of nitrogens with zero attached hydrogens (tertiary/aromatic N) is 1. The van der Waals surface area contributed by atoms with Crippen LogP contribution in [0.3, 0.4) is 0 Å². The van der Waals surface area contributed by atoms with E-state index in [2.05, 4.69) is 46.0 Å². The Bertz CT molecular complexity index is 515. The Kier molecular flexibility index (Phi) is 6.49. The molecule has 2 N–H and O–H groups in total. The van der Waals surface area contributed by atoms with Crippen LogP contribution in [-0.2, 0) is 9.47 Å². The third kappa shape index (κ3) is 5.21. The first kappa shape index (κ1) is 17.2. The number of benzene rings is 1. The summed E-state index contributed by atoms with van der Waals surface area (Å²) in [4.78, 5) is 4.31. The number of rotatable bonds is 8. The van der Waals surface area contributed by atoms with Crippen molar-refractivity contribution in [3.05, 3.63) is 35.9 Å². The van der Waals surface area contributed by atoms with Crippen molar-refractivity contribution >= 4 is 5.96 Å². The second-order valence-electron chi connectivity index (χ2n) is 6.57. The Morgan fingerprint density at radius 1 is 1.33 bits per heavy atom. The predicted molar refractivity (Wildman–Crippen MR) is 96.5 cm³/mol. The van der Waals surface area contributed by atoms with Gasteiger partial charge in [0.1, 0.15) is 0 Å². The van der Waals surface area contributed by atoms with Crippen LogP contribution < -0.4 is 10.6 Å². The van der Waals surface area contributed by atoms with Crippen LogP contribution in [0, 0.1) is 0 Å². The summed E-state index contributed by atoms with van der Waals surface area (Å²) in [5.74, 6) is 1.50. The zero-order chi connectivity index (χ0) is 16.6. The largest absolute Gasteiger partial charge is 0.379 e. The van der Waals surface area contributed by atoms with Crippen molar-refractivity contribution in [3.63, 3.8) is 0 Å². The molecule has 0 spiro atoms. The molecule has 2 aliphatic rings. The minimum atomic E-state index is 0.317. The molecule has 5 heteroatoms. The third-order valence-corrected chi connectivity index (χ3v) is 4.65. The molecule has 1 aliphatic heterocycles. The first-order chi connectivity index (χ1) is 11.9. The SMILES string of the molecule is CN=C(NCCCOCC1CCCO1)NC1CC1c1ccccc1. The van der Waals surface area contributed by atoms with Crippen LogP contribution in [0.5, 0.6) is 0 Å². The molecule has 0 amide bonds. The summed E-state index contributed by atoms with van der Waals surface area (Å²) in [6.45, 7) is 3.25. The zero-order valence-corrected chi connectivity index (χ0v) is 14.5. The lowest BCUT2D eigenvalue weighted by Crippen LogP contribution is -2.39. The molecule has 1 aliphatic carbocycles. The van der Waals surface area contributed by atoms with Crippen LogP contribution in [0.4, 0.5) is 0 Å². The summed E-state index contributed by atoms with van der Waals surface area (Å²) < 4.78 is 11.2. The van der Waals surface area contributed by atoms with Gasteiger partial charge in [0, 0.05) is 38.8 Å². The topological polar surface area (TPSA) is 54.9 Å². The molecule has 1 aromatic carbocycles. The molecule has 1 aromatic rings. The van der Waals surface area contributed by atoms with Gasteiger partial charge in [-0.2, -0.15) is 0 Å². The van der Waals surface area contributed by atoms with Gasteiger partial charge in [0.05, 0.1) is 12.7 Å². The van der Waals surface area contributed by atoms with Gasteiger partial charge in [0.2, 0.25) is 0 Å². The summed E-state index contributed by atoms with van der Waals surface area (Å²) in [6, 6.07) is 11.2. The minimum absolute atomic E-state index is 0.317. The number of nitrogens with one attached hydrogen (secondary N) is 2. The number of hydrogen-bond acceptors (Lipinski definition) is 3. The second-order valence-corrected chi connectivity index (χ2v) is 6.57. The summed E-state index contributed by atoms with van der Waals surface area (Å²) in [5.41, 5.74) is 1.41. The van der Waals surface area contributed by atoms with Gasteiger partial charge in [-0.25, -0.2) is 0 Å². The van der Waals surface area contributed by atoms with E-state index in [1.807, 2.05) is 7.05 Å². The van der Waals surface area contributed by atoms with Gasteiger partial charge in [-0.05, 0) is 31.2 Å². The lowest BCUT2D eigenvalue weighted by Gasteiger charge is -2.13. The fraction of sp³-hybridized carbons (Fsp3) is 0.632. The van der Waals surface area contributed by atoms with E-state index >= 15 is 0 Å². The second kappa shape index (κ2) is 9.04. The Balaban J connectivity index is 1.26. The van der Waals surface area contributed by atoms with Crippen LogP contribution in [0.15, 0.2) is 35.3 Å². The zero-order valence-electron chi connectivity index (χ0n) is 14.5. The van der Waals surface area contributed by atoms with E-state index < -0.39 is 0 Å². The molecule has 1 heterocycles. The molecule has 24 heavy (non-hydrogen) atoms. The summed E-state index contributed by atoms with van der Waals surface area (Å²) in [5, 5.41) is 6.87. The van der Waals surface area contributed by atoms with Crippen LogP contribution in [-0.4, -0.2) is 51.5 Å². The van der Waals surface area contributed by atoms with Crippen molar-refractivity contribution in [1.29, 1.82) is 0 Å². The smallest absolute Gasteiger partial charge is 0.191 e. The lowest BCUT2D eigenvalue weighted by molar-refractivity contribution is 0.0168. The normalized spacial score (nSPS) is 26.4. The minimum Gasteiger partial charge on any atom is -0.379 e. The van der Waals surface area contributed by atoms with Crippen LogP contribution in [0.2, 0.25) is 0 Å². The molecule has 0 aromatic heterocycles. The number of hydrogen-bond donors (Lipinski definition) is 2.